The smallest absolute Gasteiger partial charge is 0.248 e. The summed E-state index contributed by atoms with van der Waals surface area (Å²) in [5.74, 6) is -0.148. The Bertz CT molecular complexity index is 412. The molecule has 0 fully saturated rings. The summed E-state index contributed by atoms with van der Waals surface area (Å²) in [7, 11) is 0. The molecule has 1 amide bonds. The van der Waals surface area contributed by atoms with Crippen LogP contribution in [-0.2, 0) is 21.0 Å². The van der Waals surface area contributed by atoms with Crippen LogP contribution in [0.1, 0.15) is 51.4 Å². The van der Waals surface area contributed by atoms with Crippen molar-refractivity contribution < 1.29 is 14.4 Å². The molecule has 19 heavy (non-hydrogen) atoms. The van der Waals surface area contributed by atoms with Crippen molar-refractivity contribution in [1.82, 2.24) is 10.5 Å². The first-order valence-corrected chi connectivity index (χ1v) is 7.20. The Balaban J connectivity index is 2.41. The summed E-state index contributed by atoms with van der Waals surface area (Å²) in [6.45, 7) is 10.3. The second-order valence-electron chi connectivity index (χ2n) is 5.24. The SMILES string of the molecule is CCO[C@@H](C)c1nc(CONC(=O)C(C)(C)C)cs1. The second-order valence-corrected chi connectivity index (χ2v) is 6.13. The van der Waals surface area contributed by atoms with Crippen molar-refractivity contribution in [1.29, 1.82) is 0 Å². The first-order valence-electron chi connectivity index (χ1n) is 6.32. The molecule has 6 heteroatoms. The molecule has 0 saturated carbocycles. The Morgan fingerprint density at radius 1 is 1.53 bits per heavy atom. The lowest BCUT2D eigenvalue weighted by Gasteiger charge is -2.16. The maximum Gasteiger partial charge on any atom is 0.248 e. The zero-order chi connectivity index (χ0) is 14.5. The van der Waals surface area contributed by atoms with E-state index < -0.39 is 5.41 Å². The molecule has 0 saturated heterocycles. The largest absolute Gasteiger partial charge is 0.372 e. The highest BCUT2D eigenvalue weighted by Crippen LogP contribution is 2.21. The number of hydroxylamine groups is 1. The number of nitrogens with one attached hydrogen (secondary N) is 1. The molecule has 0 spiro atoms. The second kappa shape index (κ2) is 6.98. The number of hydrogen-bond acceptors (Lipinski definition) is 5. The van der Waals surface area contributed by atoms with Gasteiger partial charge in [-0.15, -0.1) is 11.3 Å². The topological polar surface area (TPSA) is 60.5 Å². The van der Waals surface area contributed by atoms with Gasteiger partial charge in [-0.3, -0.25) is 9.63 Å². The summed E-state index contributed by atoms with van der Waals surface area (Å²) >= 11 is 1.53. The van der Waals surface area contributed by atoms with Crippen molar-refractivity contribution in [3.63, 3.8) is 0 Å². The molecule has 1 aromatic heterocycles. The van der Waals surface area contributed by atoms with Crippen LogP contribution < -0.4 is 5.48 Å². The molecule has 1 aromatic rings. The Morgan fingerprint density at radius 2 is 2.21 bits per heavy atom. The normalized spacial score (nSPS) is 13.3. The number of ether oxygens (including phenoxy) is 1. The molecule has 0 bridgehead atoms. The number of rotatable bonds is 6. The van der Waals surface area contributed by atoms with Crippen molar-refractivity contribution in [2.24, 2.45) is 5.41 Å². The number of hydrogen-bond donors (Lipinski definition) is 1. The fraction of sp³-hybridized carbons (Fsp3) is 0.692. The van der Waals surface area contributed by atoms with E-state index in [1.54, 1.807) is 0 Å². The van der Waals surface area contributed by atoms with E-state index in [1.165, 1.54) is 11.3 Å². The first-order chi connectivity index (χ1) is 8.84. The molecule has 0 radical (unpaired) electrons. The van der Waals surface area contributed by atoms with Gasteiger partial charge < -0.3 is 4.74 Å². The predicted octanol–water partition coefficient (Wildman–Crippen LogP) is 2.83. The summed E-state index contributed by atoms with van der Waals surface area (Å²) in [6.07, 6.45) is -0.00656. The summed E-state index contributed by atoms with van der Waals surface area (Å²) in [4.78, 5) is 21.1. The third-order valence-electron chi connectivity index (χ3n) is 2.40. The van der Waals surface area contributed by atoms with Gasteiger partial charge in [0.05, 0.1) is 5.69 Å². The van der Waals surface area contributed by atoms with Crippen LogP contribution in [0, 0.1) is 5.41 Å². The predicted molar refractivity (Wildman–Crippen MR) is 74.5 cm³/mol. The van der Waals surface area contributed by atoms with E-state index in [2.05, 4.69) is 10.5 Å². The summed E-state index contributed by atoms with van der Waals surface area (Å²) in [5.41, 5.74) is 2.76. The molecule has 0 aromatic carbocycles. The third kappa shape index (κ3) is 5.26. The minimum atomic E-state index is -0.462. The van der Waals surface area contributed by atoms with E-state index in [0.717, 1.165) is 10.7 Å². The quantitative estimate of drug-likeness (QED) is 0.817. The van der Waals surface area contributed by atoms with Gasteiger partial charge in [-0.1, -0.05) is 20.8 Å². The van der Waals surface area contributed by atoms with Gasteiger partial charge in [0.15, 0.2) is 0 Å². The highest BCUT2D eigenvalue weighted by Gasteiger charge is 2.21. The van der Waals surface area contributed by atoms with E-state index in [0.29, 0.717) is 6.61 Å². The highest BCUT2D eigenvalue weighted by atomic mass is 32.1. The lowest BCUT2D eigenvalue weighted by atomic mass is 9.96. The average Bonchev–Trinajstić information content (AvgIpc) is 2.76. The van der Waals surface area contributed by atoms with Crippen LogP contribution in [0.3, 0.4) is 0 Å². The fourth-order valence-electron chi connectivity index (χ4n) is 1.23. The summed E-state index contributed by atoms with van der Waals surface area (Å²) < 4.78 is 5.47. The van der Waals surface area contributed by atoms with Gasteiger partial charge in [-0.2, -0.15) is 0 Å². The van der Waals surface area contributed by atoms with Crippen molar-refractivity contribution in [3.8, 4) is 0 Å². The van der Waals surface area contributed by atoms with Gasteiger partial charge in [0.25, 0.3) is 0 Å². The van der Waals surface area contributed by atoms with Crippen molar-refractivity contribution in [2.75, 3.05) is 6.61 Å². The Labute approximate surface area is 118 Å². The van der Waals surface area contributed by atoms with E-state index in [1.807, 2.05) is 40.0 Å². The lowest BCUT2D eigenvalue weighted by molar-refractivity contribution is -0.142. The van der Waals surface area contributed by atoms with Crippen LogP contribution in [0.5, 0.6) is 0 Å². The van der Waals surface area contributed by atoms with Crippen LogP contribution in [0.25, 0.3) is 0 Å². The van der Waals surface area contributed by atoms with Gasteiger partial charge in [-0.05, 0) is 13.8 Å². The van der Waals surface area contributed by atoms with Gasteiger partial charge in [0, 0.05) is 17.4 Å². The molecule has 1 N–H and O–H groups in total. The van der Waals surface area contributed by atoms with Crippen molar-refractivity contribution in [3.05, 3.63) is 16.1 Å². The van der Waals surface area contributed by atoms with Gasteiger partial charge in [-0.25, -0.2) is 10.5 Å². The Kier molecular flexibility index (Phi) is 5.90. The number of nitrogens with zero attached hydrogens (tertiary/aromatic N) is 1. The minimum Gasteiger partial charge on any atom is -0.372 e. The molecule has 5 nitrogen and oxygen atoms in total. The summed E-state index contributed by atoms with van der Waals surface area (Å²) in [6, 6.07) is 0. The van der Waals surface area contributed by atoms with Crippen LogP contribution >= 0.6 is 11.3 Å². The van der Waals surface area contributed by atoms with Crippen LogP contribution in [0.15, 0.2) is 5.38 Å². The van der Waals surface area contributed by atoms with Crippen molar-refractivity contribution in [2.45, 2.75) is 47.3 Å². The van der Waals surface area contributed by atoms with Gasteiger partial charge >= 0.3 is 0 Å². The Hall–Kier alpha value is -0.980. The maximum atomic E-state index is 11.6. The number of amides is 1. The molecule has 0 aliphatic carbocycles. The number of carbonyl (C=O) groups excluding carboxylic acids is 1. The van der Waals surface area contributed by atoms with Crippen LogP contribution in [-0.4, -0.2) is 17.5 Å². The lowest BCUT2D eigenvalue weighted by Crippen LogP contribution is -2.34. The number of aromatic nitrogens is 1. The van der Waals surface area contributed by atoms with Crippen molar-refractivity contribution >= 4 is 17.2 Å². The zero-order valence-electron chi connectivity index (χ0n) is 12.1. The average molecular weight is 286 g/mol. The molecule has 108 valence electrons. The standard InChI is InChI=1S/C13H22N2O3S/c1-6-17-9(2)11-14-10(8-19-11)7-18-15-12(16)13(3,4)5/h8-9H,6-7H2,1-5H3,(H,15,16)/t9-/m0/s1. The van der Waals surface area contributed by atoms with Crippen LogP contribution in [0.4, 0.5) is 0 Å². The molecule has 0 aliphatic heterocycles. The maximum absolute atomic E-state index is 11.6. The van der Waals surface area contributed by atoms with Gasteiger partial charge in [0.1, 0.15) is 17.7 Å². The van der Waals surface area contributed by atoms with E-state index >= 15 is 0 Å². The van der Waals surface area contributed by atoms with Gasteiger partial charge in [0.2, 0.25) is 5.91 Å². The molecular formula is C13H22N2O3S. The molecule has 0 unspecified atom stereocenters. The first kappa shape index (κ1) is 16.1. The minimum absolute atomic E-state index is 0.00656. The number of carbonyl (C=O) groups is 1. The zero-order valence-corrected chi connectivity index (χ0v) is 13.0. The molecule has 1 heterocycles. The van der Waals surface area contributed by atoms with E-state index in [-0.39, 0.29) is 18.6 Å². The highest BCUT2D eigenvalue weighted by molar-refractivity contribution is 7.09. The fourth-order valence-corrected chi connectivity index (χ4v) is 2.03. The van der Waals surface area contributed by atoms with E-state index in [9.17, 15) is 4.79 Å². The molecular weight excluding hydrogens is 264 g/mol. The monoisotopic (exact) mass is 286 g/mol. The molecule has 1 rings (SSSR count). The third-order valence-corrected chi connectivity index (χ3v) is 3.45. The Morgan fingerprint density at radius 3 is 2.79 bits per heavy atom. The van der Waals surface area contributed by atoms with Crippen LogP contribution in [0.2, 0.25) is 0 Å². The molecule has 1 atom stereocenters. The number of thiazole rings is 1. The summed E-state index contributed by atoms with van der Waals surface area (Å²) in [5, 5.41) is 2.83. The van der Waals surface area contributed by atoms with E-state index in [4.69, 9.17) is 9.57 Å². The molecule has 0 aliphatic rings.